The molecular formula is C26H19Cl2N7. The summed E-state index contributed by atoms with van der Waals surface area (Å²) in [6, 6.07) is 19.6. The number of hydrogen-bond acceptors (Lipinski definition) is 5. The molecule has 3 heterocycles. The summed E-state index contributed by atoms with van der Waals surface area (Å²) < 4.78 is 3.73. The molecule has 35 heavy (non-hydrogen) atoms. The number of imidazole rings is 1. The van der Waals surface area contributed by atoms with Gasteiger partial charge in [0.1, 0.15) is 0 Å². The summed E-state index contributed by atoms with van der Waals surface area (Å²) in [7, 11) is 1.95. The van der Waals surface area contributed by atoms with Crippen molar-refractivity contribution in [2.75, 3.05) is 0 Å². The highest BCUT2D eigenvalue weighted by Gasteiger charge is 2.25. The zero-order valence-electron chi connectivity index (χ0n) is 18.7. The Morgan fingerprint density at radius 2 is 1.71 bits per heavy atom. The van der Waals surface area contributed by atoms with Gasteiger partial charge in [-0.1, -0.05) is 53.5 Å². The molecule has 0 amide bonds. The maximum atomic E-state index is 6.49. The molecule has 0 fully saturated rings. The standard InChI is InChI=1S/C26H19Cl2N7/c1-34-14-30-13-21(34)25-23(16-3-2-4-19(28)11-16)24-20(35-26(25)31-32-33-35)10-7-17(12-29)22(24)15-5-8-18(27)9-6-15/h2-11,13-14H,12,29H2,1H3. The van der Waals surface area contributed by atoms with E-state index in [1.807, 2.05) is 78.5 Å². The van der Waals surface area contributed by atoms with Gasteiger partial charge in [0, 0.05) is 34.6 Å². The lowest BCUT2D eigenvalue weighted by molar-refractivity contribution is 0.841. The number of pyridine rings is 1. The number of tetrazole rings is 1. The fourth-order valence-corrected chi connectivity index (χ4v) is 5.01. The van der Waals surface area contributed by atoms with E-state index < -0.39 is 0 Å². The van der Waals surface area contributed by atoms with E-state index in [9.17, 15) is 0 Å². The minimum Gasteiger partial charge on any atom is -0.334 e. The largest absolute Gasteiger partial charge is 0.334 e. The summed E-state index contributed by atoms with van der Waals surface area (Å²) in [6.45, 7) is 0.359. The van der Waals surface area contributed by atoms with Crippen LogP contribution in [-0.4, -0.2) is 29.6 Å². The number of aromatic nitrogens is 6. The molecule has 0 bridgehead atoms. The minimum absolute atomic E-state index is 0.359. The lowest BCUT2D eigenvalue weighted by Crippen LogP contribution is -2.05. The van der Waals surface area contributed by atoms with E-state index in [1.54, 1.807) is 10.8 Å². The van der Waals surface area contributed by atoms with Crippen LogP contribution in [-0.2, 0) is 13.6 Å². The molecule has 0 aliphatic heterocycles. The normalized spacial score (nSPS) is 11.5. The second-order valence-corrected chi connectivity index (χ2v) is 9.14. The molecule has 0 saturated carbocycles. The van der Waals surface area contributed by atoms with Gasteiger partial charge in [0.15, 0.2) is 5.65 Å². The molecule has 0 aliphatic carbocycles. The number of nitrogens with two attached hydrogens (primary N) is 1. The molecule has 9 heteroatoms. The molecular weight excluding hydrogens is 481 g/mol. The molecule has 0 radical (unpaired) electrons. The zero-order valence-corrected chi connectivity index (χ0v) is 20.2. The van der Waals surface area contributed by atoms with Crippen molar-refractivity contribution in [3.8, 4) is 33.5 Å². The monoisotopic (exact) mass is 499 g/mol. The third-order valence-corrected chi connectivity index (χ3v) is 6.72. The summed E-state index contributed by atoms with van der Waals surface area (Å²) in [6.07, 6.45) is 3.58. The van der Waals surface area contributed by atoms with Gasteiger partial charge in [-0.05, 0) is 63.0 Å². The summed E-state index contributed by atoms with van der Waals surface area (Å²) in [5.41, 5.74) is 14.3. The first-order valence-electron chi connectivity index (χ1n) is 10.9. The molecule has 0 saturated heterocycles. The van der Waals surface area contributed by atoms with Crippen LogP contribution in [0.15, 0.2) is 73.2 Å². The molecule has 0 aliphatic rings. The first-order chi connectivity index (χ1) is 17.1. The van der Waals surface area contributed by atoms with E-state index in [4.69, 9.17) is 28.9 Å². The van der Waals surface area contributed by atoms with Crippen molar-refractivity contribution in [2.24, 2.45) is 12.8 Å². The van der Waals surface area contributed by atoms with Crippen molar-refractivity contribution < 1.29 is 0 Å². The smallest absolute Gasteiger partial charge is 0.189 e. The Kier molecular flexibility index (Phi) is 5.25. The van der Waals surface area contributed by atoms with Crippen molar-refractivity contribution in [3.05, 3.63) is 88.8 Å². The Bertz CT molecular complexity index is 1720. The minimum atomic E-state index is 0.359. The Balaban J connectivity index is 1.91. The maximum absolute atomic E-state index is 6.49. The Morgan fingerprint density at radius 1 is 0.886 bits per heavy atom. The molecule has 0 unspecified atom stereocenters. The lowest BCUT2D eigenvalue weighted by Gasteiger charge is -2.20. The molecule has 2 N–H and O–H groups in total. The van der Waals surface area contributed by atoms with Crippen LogP contribution in [0.4, 0.5) is 0 Å². The van der Waals surface area contributed by atoms with Gasteiger partial charge in [0.05, 0.1) is 29.3 Å². The number of rotatable bonds is 4. The van der Waals surface area contributed by atoms with Crippen LogP contribution in [0.5, 0.6) is 0 Å². The van der Waals surface area contributed by atoms with Gasteiger partial charge in [-0.15, -0.1) is 5.10 Å². The first-order valence-corrected chi connectivity index (χ1v) is 11.7. The van der Waals surface area contributed by atoms with Crippen molar-refractivity contribution in [2.45, 2.75) is 6.54 Å². The van der Waals surface area contributed by atoms with Gasteiger partial charge in [-0.3, -0.25) is 0 Å². The van der Waals surface area contributed by atoms with E-state index in [0.29, 0.717) is 22.2 Å². The first kappa shape index (κ1) is 21.7. The number of benzene rings is 3. The molecule has 172 valence electrons. The summed E-state index contributed by atoms with van der Waals surface area (Å²) in [5, 5.41) is 15.1. The number of hydrogen-bond donors (Lipinski definition) is 1. The third kappa shape index (κ3) is 3.47. The topological polar surface area (TPSA) is 86.9 Å². The molecule has 7 nitrogen and oxygen atoms in total. The zero-order chi connectivity index (χ0) is 24.1. The average molecular weight is 500 g/mol. The predicted molar refractivity (Wildman–Crippen MR) is 139 cm³/mol. The van der Waals surface area contributed by atoms with Crippen LogP contribution in [0.3, 0.4) is 0 Å². The highest BCUT2D eigenvalue weighted by molar-refractivity contribution is 6.31. The Morgan fingerprint density at radius 3 is 2.43 bits per heavy atom. The van der Waals surface area contributed by atoms with Gasteiger partial charge >= 0.3 is 0 Å². The van der Waals surface area contributed by atoms with Crippen LogP contribution < -0.4 is 5.73 Å². The number of halogens is 2. The summed E-state index contributed by atoms with van der Waals surface area (Å²) >= 11 is 12.7. The molecule has 6 rings (SSSR count). The van der Waals surface area contributed by atoms with Crippen LogP contribution in [0.2, 0.25) is 10.0 Å². The van der Waals surface area contributed by atoms with Gasteiger partial charge in [-0.25, -0.2) is 4.98 Å². The highest BCUT2D eigenvalue weighted by Crippen LogP contribution is 2.45. The highest BCUT2D eigenvalue weighted by atomic mass is 35.5. The van der Waals surface area contributed by atoms with Crippen molar-refractivity contribution in [3.63, 3.8) is 0 Å². The second kappa shape index (κ2) is 8.46. The van der Waals surface area contributed by atoms with Crippen LogP contribution >= 0.6 is 23.2 Å². The second-order valence-electron chi connectivity index (χ2n) is 8.27. The van der Waals surface area contributed by atoms with E-state index in [1.165, 1.54) is 0 Å². The van der Waals surface area contributed by atoms with E-state index in [0.717, 1.165) is 50.0 Å². The van der Waals surface area contributed by atoms with Crippen LogP contribution in [0.25, 0.3) is 50.1 Å². The van der Waals surface area contributed by atoms with Gasteiger partial charge in [0.25, 0.3) is 0 Å². The fraction of sp³-hybridized carbons (Fsp3) is 0.0769. The Labute approximate surface area is 210 Å². The number of aryl methyl sites for hydroxylation is 1. The van der Waals surface area contributed by atoms with E-state index in [-0.39, 0.29) is 0 Å². The quantitative estimate of drug-likeness (QED) is 0.332. The predicted octanol–water partition coefficient (Wildman–Crippen LogP) is 5.78. The van der Waals surface area contributed by atoms with Crippen molar-refractivity contribution in [1.82, 2.24) is 29.6 Å². The Hall–Kier alpha value is -3.78. The molecule has 3 aromatic carbocycles. The average Bonchev–Trinajstić information content (AvgIpc) is 3.52. The van der Waals surface area contributed by atoms with Crippen LogP contribution in [0, 0.1) is 0 Å². The van der Waals surface area contributed by atoms with Gasteiger partial charge in [0.2, 0.25) is 0 Å². The summed E-state index contributed by atoms with van der Waals surface area (Å²) in [4.78, 5) is 4.37. The molecule has 0 atom stereocenters. The molecule has 0 spiro atoms. The SMILES string of the molecule is Cn1cncc1-c1c(-c2cccc(Cl)c2)c2c(-c3ccc(Cl)cc3)c(CN)ccc2n2nnnc12. The van der Waals surface area contributed by atoms with Crippen molar-refractivity contribution in [1.29, 1.82) is 0 Å². The van der Waals surface area contributed by atoms with Gasteiger partial charge in [-0.2, -0.15) is 4.52 Å². The van der Waals surface area contributed by atoms with Gasteiger partial charge < -0.3 is 10.3 Å². The molecule has 6 aromatic rings. The van der Waals surface area contributed by atoms with Crippen LogP contribution in [0.1, 0.15) is 5.56 Å². The summed E-state index contributed by atoms with van der Waals surface area (Å²) in [5.74, 6) is 0. The number of nitrogens with zero attached hydrogens (tertiary/aromatic N) is 6. The lowest BCUT2D eigenvalue weighted by atomic mass is 9.87. The maximum Gasteiger partial charge on any atom is 0.189 e. The van der Waals surface area contributed by atoms with E-state index >= 15 is 0 Å². The van der Waals surface area contributed by atoms with E-state index in [2.05, 4.69) is 20.5 Å². The number of fused-ring (bicyclic) bond motifs is 3. The fourth-order valence-electron chi connectivity index (χ4n) is 4.70. The molecule has 3 aromatic heterocycles. The van der Waals surface area contributed by atoms with Crippen molar-refractivity contribution >= 4 is 39.8 Å². The third-order valence-electron chi connectivity index (χ3n) is 6.23.